The number of ether oxygens (including phenoxy) is 2. The third-order valence-electron chi connectivity index (χ3n) is 5.33. The van der Waals surface area contributed by atoms with Crippen molar-refractivity contribution in [2.75, 3.05) is 0 Å². The van der Waals surface area contributed by atoms with Gasteiger partial charge in [0.05, 0.1) is 0 Å². The van der Waals surface area contributed by atoms with Gasteiger partial charge in [-0.2, -0.15) is 0 Å². The Bertz CT molecular complexity index is 741. The summed E-state index contributed by atoms with van der Waals surface area (Å²) in [6, 6.07) is 5.38. The lowest BCUT2D eigenvalue weighted by Crippen LogP contribution is -2.49. The van der Waals surface area contributed by atoms with Crippen molar-refractivity contribution in [1.29, 1.82) is 0 Å². The van der Waals surface area contributed by atoms with Crippen LogP contribution in [0.4, 0.5) is 18.0 Å². The number of hydrogen-bond donors (Lipinski definition) is 0. The Hall–Kier alpha value is -2.25. The summed E-state index contributed by atoms with van der Waals surface area (Å²) >= 11 is 0. The van der Waals surface area contributed by atoms with Gasteiger partial charge in [-0.25, -0.2) is 4.79 Å². The van der Waals surface area contributed by atoms with Crippen molar-refractivity contribution in [3.8, 4) is 5.75 Å². The minimum Gasteiger partial charge on any atom is -0.444 e. The molecule has 0 aliphatic carbocycles. The summed E-state index contributed by atoms with van der Waals surface area (Å²) in [6.07, 6.45) is -1.99. The standard InChI is InChI=1S/C21H26F3NO4/c1-20(2,3)29-19(27)25-15-6-7-16(25)12-14(11-15)18(26)10-13-4-8-17(9-5-13)28-21(22,23)24/h4-5,8-9,14-16H,6-7,10-12H2,1-3H3. The quantitative estimate of drug-likeness (QED) is 0.706. The molecule has 8 heteroatoms. The van der Waals surface area contributed by atoms with E-state index >= 15 is 0 Å². The first-order chi connectivity index (χ1) is 13.4. The fraction of sp³-hybridized carbons (Fsp3) is 0.619. The molecule has 2 aliphatic rings. The molecular formula is C21H26F3NO4. The van der Waals surface area contributed by atoms with Gasteiger partial charge >= 0.3 is 12.5 Å². The molecule has 0 radical (unpaired) electrons. The van der Waals surface area contributed by atoms with Crippen molar-refractivity contribution >= 4 is 11.9 Å². The number of fused-ring (bicyclic) bond motifs is 2. The van der Waals surface area contributed by atoms with Crippen molar-refractivity contribution in [3.05, 3.63) is 29.8 Å². The molecule has 2 saturated heterocycles. The molecule has 0 N–H and O–H groups in total. The molecule has 2 aliphatic heterocycles. The third kappa shape index (κ3) is 5.64. The normalized spacial score (nSPS) is 24.3. The number of rotatable bonds is 4. The van der Waals surface area contributed by atoms with Crippen LogP contribution in [0.25, 0.3) is 0 Å². The molecule has 2 fully saturated rings. The van der Waals surface area contributed by atoms with Crippen LogP contribution in [-0.4, -0.2) is 40.8 Å². The van der Waals surface area contributed by atoms with Crippen LogP contribution in [0.5, 0.6) is 5.75 Å². The molecule has 1 aromatic carbocycles. The van der Waals surface area contributed by atoms with Crippen molar-refractivity contribution in [2.45, 2.75) is 76.9 Å². The number of Topliss-reactive ketones (excluding diaryl/α,β-unsaturated/α-hetero) is 1. The van der Waals surface area contributed by atoms with Gasteiger partial charge in [0.25, 0.3) is 0 Å². The number of halogens is 3. The highest BCUT2D eigenvalue weighted by Crippen LogP contribution is 2.40. The lowest BCUT2D eigenvalue weighted by atomic mass is 9.85. The first-order valence-electron chi connectivity index (χ1n) is 9.80. The zero-order valence-electron chi connectivity index (χ0n) is 16.8. The van der Waals surface area contributed by atoms with Crippen molar-refractivity contribution in [2.24, 2.45) is 5.92 Å². The first kappa shape index (κ1) is 21.5. The van der Waals surface area contributed by atoms with E-state index in [1.807, 2.05) is 20.8 Å². The highest BCUT2D eigenvalue weighted by atomic mass is 19.4. The van der Waals surface area contributed by atoms with Crippen LogP contribution in [-0.2, 0) is 16.0 Å². The Morgan fingerprint density at radius 2 is 1.59 bits per heavy atom. The summed E-state index contributed by atoms with van der Waals surface area (Å²) < 4.78 is 46.1. The van der Waals surface area contributed by atoms with Crippen LogP contribution in [0, 0.1) is 5.92 Å². The Balaban J connectivity index is 1.58. The van der Waals surface area contributed by atoms with Gasteiger partial charge in [-0.05, 0) is 64.2 Å². The molecule has 2 unspecified atom stereocenters. The van der Waals surface area contributed by atoms with Gasteiger partial charge in [-0.1, -0.05) is 12.1 Å². The van der Waals surface area contributed by atoms with E-state index in [2.05, 4.69) is 4.74 Å². The van der Waals surface area contributed by atoms with Gasteiger partial charge in [0.2, 0.25) is 0 Å². The maximum Gasteiger partial charge on any atom is 0.573 e. The van der Waals surface area contributed by atoms with E-state index in [-0.39, 0.29) is 42.0 Å². The molecule has 2 heterocycles. The molecule has 2 bridgehead atoms. The first-order valence-corrected chi connectivity index (χ1v) is 9.80. The van der Waals surface area contributed by atoms with Crippen LogP contribution in [0.15, 0.2) is 24.3 Å². The highest BCUT2D eigenvalue weighted by molar-refractivity contribution is 5.84. The van der Waals surface area contributed by atoms with Gasteiger partial charge in [0.15, 0.2) is 0 Å². The molecule has 5 nitrogen and oxygen atoms in total. The number of benzene rings is 1. The summed E-state index contributed by atoms with van der Waals surface area (Å²) in [5.41, 5.74) is 0.0806. The second-order valence-electron chi connectivity index (χ2n) is 8.78. The van der Waals surface area contributed by atoms with Crippen LogP contribution in [0.3, 0.4) is 0 Å². The zero-order chi connectivity index (χ0) is 21.4. The number of carbonyl (C=O) groups excluding carboxylic acids is 2. The summed E-state index contributed by atoms with van der Waals surface area (Å²) in [4.78, 5) is 27.0. The van der Waals surface area contributed by atoms with Gasteiger partial charge < -0.3 is 14.4 Å². The molecule has 3 rings (SSSR count). The van der Waals surface area contributed by atoms with Gasteiger partial charge in [0, 0.05) is 24.4 Å². The number of ketones is 1. The van der Waals surface area contributed by atoms with Crippen LogP contribution in [0.2, 0.25) is 0 Å². The van der Waals surface area contributed by atoms with Gasteiger partial charge in [-0.3, -0.25) is 4.79 Å². The van der Waals surface area contributed by atoms with E-state index in [9.17, 15) is 22.8 Å². The summed E-state index contributed by atoms with van der Waals surface area (Å²) in [5, 5.41) is 0. The number of carbonyl (C=O) groups is 2. The molecule has 29 heavy (non-hydrogen) atoms. The van der Waals surface area contributed by atoms with E-state index in [0.717, 1.165) is 12.8 Å². The Labute approximate surface area is 168 Å². The molecule has 1 aromatic rings. The molecule has 2 atom stereocenters. The molecule has 0 saturated carbocycles. The highest BCUT2D eigenvalue weighted by Gasteiger charge is 2.46. The Morgan fingerprint density at radius 3 is 2.07 bits per heavy atom. The Kier molecular flexibility index (Phi) is 5.83. The number of alkyl halides is 3. The lowest BCUT2D eigenvalue weighted by Gasteiger charge is -2.39. The minimum absolute atomic E-state index is 0.000103. The van der Waals surface area contributed by atoms with E-state index in [0.29, 0.717) is 18.4 Å². The minimum atomic E-state index is -4.74. The predicted octanol–water partition coefficient (Wildman–Crippen LogP) is 4.87. The molecule has 0 aromatic heterocycles. The van der Waals surface area contributed by atoms with E-state index in [1.165, 1.54) is 24.3 Å². The topological polar surface area (TPSA) is 55.8 Å². The van der Waals surface area contributed by atoms with Crippen LogP contribution < -0.4 is 4.74 Å². The van der Waals surface area contributed by atoms with Crippen molar-refractivity contribution in [3.63, 3.8) is 0 Å². The maximum atomic E-state index is 12.8. The summed E-state index contributed by atoms with van der Waals surface area (Å²) in [5.74, 6) is -0.412. The maximum absolute atomic E-state index is 12.8. The second-order valence-corrected chi connectivity index (χ2v) is 8.78. The fourth-order valence-corrected chi connectivity index (χ4v) is 4.21. The number of amides is 1. The molecule has 160 valence electrons. The lowest BCUT2D eigenvalue weighted by molar-refractivity contribution is -0.274. The van der Waals surface area contributed by atoms with E-state index in [4.69, 9.17) is 4.74 Å². The largest absolute Gasteiger partial charge is 0.573 e. The van der Waals surface area contributed by atoms with E-state index in [1.54, 1.807) is 4.90 Å². The number of nitrogens with zero attached hydrogens (tertiary/aromatic N) is 1. The predicted molar refractivity (Wildman–Crippen MR) is 99.4 cm³/mol. The van der Waals surface area contributed by atoms with E-state index < -0.39 is 12.0 Å². The zero-order valence-corrected chi connectivity index (χ0v) is 16.8. The average molecular weight is 413 g/mol. The Morgan fingerprint density at radius 1 is 1.03 bits per heavy atom. The average Bonchev–Trinajstić information content (AvgIpc) is 2.84. The van der Waals surface area contributed by atoms with Crippen LogP contribution in [0.1, 0.15) is 52.0 Å². The smallest absolute Gasteiger partial charge is 0.444 e. The third-order valence-corrected chi connectivity index (χ3v) is 5.33. The number of hydrogen-bond acceptors (Lipinski definition) is 4. The molecular weight excluding hydrogens is 387 g/mol. The fourth-order valence-electron chi connectivity index (χ4n) is 4.21. The number of piperidine rings is 1. The summed E-state index contributed by atoms with van der Waals surface area (Å²) in [6.45, 7) is 5.48. The monoisotopic (exact) mass is 413 g/mol. The summed E-state index contributed by atoms with van der Waals surface area (Å²) in [7, 11) is 0. The van der Waals surface area contributed by atoms with Gasteiger partial charge in [-0.15, -0.1) is 13.2 Å². The molecule has 1 amide bonds. The van der Waals surface area contributed by atoms with Crippen molar-refractivity contribution < 1.29 is 32.2 Å². The van der Waals surface area contributed by atoms with Crippen LogP contribution >= 0.6 is 0 Å². The molecule has 0 spiro atoms. The van der Waals surface area contributed by atoms with Gasteiger partial charge in [0.1, 0.15) is 17.1 Å². The SMILES string of the molecule is CC(C)(C)OC(=O)N1C2CCC1CC(C(=O)Cc1ccc(OC(F)(F)F)cc1)C2. The second kappa shape index (κ2) is 7.88. The van der Waals surface area contributed by atoms with Crippen molar-refractivity contribution in [1.82, 2.24) is 4.90 Å².